The number of nitrogens with one attached hydrogen (secondary N) is 1. The highest BCUT2D eigenvalue weighted by atomic mass is 35.5. The van der Waals surface area contributed by atoms with Gasteiger partial charge in [-0.25, -0.2) is 8.42 Å². The van der Waals surface area contributed by atoms with Crippen molar-refractivity contribution in [1.29, 1.82) is 0 Å². The lowest BCUT2D eigenvalue weighted by Crippen LogP contribution is -2.39. The minimum absolute atomic E-state index is 0.0143. The van der Waals surface area contributed by atoms with Gasteiger partial charge < -0.3 is 10.4 Å². The summed E-state index contributed by atoms with van der Waals surface area (Å²) in [6.07, 6.45) is 7.74. The van der Waals surface area contributed by atoms with Crippen LogP contribution in [0.15, 0.2) is 47.4 Å². The molecule has 0 aromatic heterocycles. The number of sulfonamides is 1. The zero-order valence-electron chi connectivity index (χ0n) is 19.8. The van der Waals surface area contributed by atoms with Crippen molar-refractivity contribution < 1.29 is 13.5 Å². The Balaban J connectivity index is 1.65. The lowest BCUT2D eigenvalue weighted by molar-refractivity contribution is 0.267. The van der Waals surface area contributed by atoms with Gasteiger partial charge in [0.1, 0.15) is 0 Å². The van der Waals surface area contributed by atoms with Crippen LogP contribution in [0.4, 0.5) is 0 Å². The Labute approximate surface area is 204 Å². The van der Waals surface area contributed by atoms with Crippen LogP contribution < -0.4 is 5.32 Å². The average molecular weight is 493 g/mol. The summed E-state index contributed by atoms with van der Waals surface area (Å²) < 4.78 is 27.7. The van der Waals surface area contributed by atoms with E-state index in [-0.39, 0.29) is 12.6 Å². The third kappa shape index (κ3) is 6.80. The fraction of sp³-hybridized carbons (Fsp3) is 0.538. The van der Waals surface area contributed by atoms with Crippen LogP contribution in [0.3, 0.4) is 0 Å². The quantitative estimate of drug-likeness (QED) is 0.427. The van der Waals surface area contributed by atoms with Gasteiger partial charge in [0, 0.05) is 31.3 Å². The van der Waals surface area contributed by atoms with Crippen molar-refractivity contribution in [1.82, 2.24) is 9.62 Å². The Morgan fingerprint density at radius 2 is 1.73 bits per heavy atom. The molecule has 1 fully saturated rings. The van der Waals surface area contributed by atoms with E-state index in [1.807, 2.05) is 7.05 Å². The smallest absolute Gasteiger partial charge is 0.243 e. The third-order valence-electron chi connectivity index (χ3n) is 6.84. The van der Waals surface area contributed by atoms with Gasteiger partial charge in [-0.2, -0.15) is 4.31 Å². The van der Waals surface area contributed by atoms with Gasteiger partial charge in [0.15, 0.2) is 0 Å². The number of aliphatic hydroxyl groups excluding tert-OH is 1. The molecule has 2 N–H and O–H groups in total. The molecule has 0 saturated heterocycles. The zero-order valence-corrected chi connectivity index (χ0v) is 21.3. The van der Waals surface area contributed by atoms with Gasteiger partial charge in [-0.1, -0.05) is 36.2 Å². The molecule has 33 heavy (non-hydrogen) atoms. The average Bonchev–Trinajstić information content (AvgIpc) is 2.82. The highest BCUT2D eigenvalue weighted by Crippen LogP contribution is 2.37. The van der Waals surface area contributed by atoms with Crippen molar-refractivity contribution in [3.05, 3.63) is 64.2 Å². The van der Waals surface area contributed by atoms with Crippen molar-refractivity contribution in [2.24, 2.45) is 0 Å². The Morgan fingerprint density at radius 1 is 1.03 bits per heavy atom. The summed E-state index contributed by atoms with van der Waals surface area (Å²) in [5.74, 6) is 0.458. The van der Waals surface area contributed by atoms with E-state index in [0.29, 0.717) is 15.8 Å². The summed E-state index contributed by atoms with van der Waals surface area (Å²) in [7, 11) is 0.155. The molecule has 0 aliphatic heterocycles. The van der Waals surface area contributed by atoms with Gasteiger partial charge >= 0.3 is 0 Å². The number of halogens is 1. The van der Waals surface area contributed by atoms with Crippen molar-refractivity contribution >= 4 is 21.6 Å². The molecule has 0 amide bonds. The number of rotatable bonds is 11. The number of hydrogen-bond acceptors (Lipinski definition) is 4. The largest absolute Gasteiger partial charge is 0.396 e. The Bertz CT molecular complexity index is 987. The maximum atomic E-state index is 13.1. The van der Waals surface area contributed by atoms with Crippen LogP contribution in [0.2, 0.25) is 5.02 Å². The van der Waals surface area contributed by atoms with E-state index < -0.39 is 10.0 Å². The van der Waals surface area contributed by atoms with Crippen molar-refractivity contribution in [3.8, 4) is 0 Å². The van der Waals surface area contributed by atoms with Gasteiger partial charge in [-0.05, 0) is 98.9 Å². The SMILES string of the molecule is CNCc1cc(CCCCCO)ccc1C1CCC(N(C)S(=O)(=O)c2ccc(Cl)cc2)CC1. The lowest BCUT2D eigenvalue weighted by atomic mass is 9.79. The molecule has 5 nitrogen and oxygen atoms in total. The number of unbranched alkanes of at least 4 members (excludes halogenated alkanes) is 2. The highest BCUT2D eigenvalue weighted by Gasteiger charge is 2.32. The Morgan fingerprint density at radius 3 is 2.36 bits per heavy atom. The molecule has 1 aliphatic rings. The molecular weight excluding hydrogens is 456 g/mol. The molecule has 3 rings (SSSR count). The van der Waals surface area contributed by atoms with Crippen LogP contribution in [0, 0.1) is 0 Å². The normalized spacial score (nSPS) is 19.2. The van der Waals surface area contributed by atoms with Crippen molar-refractivity contribution in [2.75, 3.05) is 20.7 Å². The molecule has 0 unspecified atom stereocenters. The molecule has 0 spiro atoms. The summed E-state index contributed by atoms with van der Waals surface area (Å²) in [5.41, 5.74) is 4.09. The summed E-state index contributed by atoms with van der Waals surface area (Å²) in [6, 6.07) is 13.3. The summed E-state index contributed by atoms with van der Waals surface area (Å²) in [6.45, 7) is 1.10. The number of aryl methyl sites for hydroxylation is 1. The number of nitrogens with zero attached hydrogens (tertiary/aromatic N) is 1. The van der Waals surface area contributed by atoms with Gasteiger partial charge in [0.05, 0.1) is 4.90 Å². The molecule has 2 aromatic rings. The molecule has 182 valence electrons. The van der Waals surface area contributed by atoms with Crippen LogP contribution in [-0.2, 0) is 23.0 Å². The van der Waals surface area contributed by atoms with E-state index in [9.17, 15) is 8.42 Å². The highest BCUT2D eigenvalue weighted by molar-refractivity contribution is 7.89. The number of hydrogen-bond donors (Lipinski definition) is 2. The van der Waals surface area contributed by atoms with E-state index in [1.165, 1.54) is 16.7 Å². The lowest BCUT2D eigenvalue weighted by Gasteiger charge is -2.35. The van der Waals surface area contributed by atoms with Gasteiger partial charge in [-0.3, -0.25) is 0 Å². The maximum Gasteiger partial charge on any atom is 0.243 e. The predicted molar refractivity (Wildman–Crippen MR) is 135 cm³/mol. The predicted octanol–water partition coefficient (Wildman–Crippen LogP) is 5.11. The van der Waals surface area contributed by atoms with E-state index in [2.05, 4.69) is 23.5 Å². The first kappa shape index (κ1) is 26.2. The monoisotopic (exact) mass is 492 g/mol. The fourth-order valence-electron chi connectivity index (χ4n) is 4.89. The molecule has 0 atom stereocenters. The van der Waals surface area contributed by atoms with Crippen molar-refractivity contribution in [3.63, 3.8) is 0 Å². The number of benzene rings is 2. The van der Waals surface area contributed by atoms with Crippen LogP contribution in [-0.4, -0.2) is 44.6 Å². The molecule has 7 heteroatoms. The summed E-state index contributed by atoms with van der Waals surface area (Å²) >= 11 is 5.92. The number of aliphatic hydroxyl groups is 1. The van der Waals surface area contributed by atoms with E-state index in [0.717, 1.165) is 57.9 Å². The fourth-order valence-corrected chi connectivity index (χ4v) is 6.44. The zero-order chi connectivity index (χ0) is 23.8. The first-order valence-corrected chi connectivity index (χ1v) is 13.8. The van der Waals surface area contributed by atoms with Crippen LogP contribution in [0.25, 0.3) is 0 Å². The molecule has 0 radical (unpaired) electrons. The first-order valence-electron chi connectivity index (χ1n) is 12.0. The standard InChI is InChI=1S/C26H37ClN2O3S/c1-28-19-22-18-20(6-4-3-5-17-30)7-16-26(22)21-8-12-24(13-9-21)29(2)33(31,32)25-14-10-23(27)11-15-25/h7,10-11,14-16,18,21,24,28,30H,3-6,8-9,12-13,17,19H2,1-2H3. The molecule has 1 saturated carbocycles. The topological polar surface area (TPSA) is 69.6 Å². The second-order valence-electron chi connectivity index (χ2n) is 9.08. The molecule has 1 aliphatic carbocycles. The van der Waals surface area contributed by atoms with Crippen LogP contribution in [0.1, 0.15) is 67.6 Å². The van der Waals surface area contributed by atoms with Crippen LogP contribution >= 0.6 is 11.6 Å². The second kappa shape index (κ2) is 12.3. The van der Waals surface area contributed by atoms with Crippen LogP contribution in [0.5, 0.6) is 0 Å². The minimum Gasteiger partial charge on any atom is -0.396 e. The third-order valence-corrected chi connectivity index (χ3v) is 9.02. The van der Waals surface area contributed by atoms with E-state index >= 15 is 0 Å². The Hall–Kier alpha value is -1.44. The van der Waals surface area contributed by atoms with Gasteiger partial charge in [0.25, 0.3) is 0 Å². The van der Waals surface area contributed by atoms with Gasteiger partial charge in [0.2, 0.25) is 10.0 Å². The minimum atomic E-state index is -3.52. The molecule has 0 bridgehead atoms. The van der Waals surface area contributed by atoms with E-state index in [1.54, 1.807) is 35.6 Å². The maximum absolute atomic E-state index is 13.1. The van der Waals surface area contributed by atoms with Gasteiger partial charge in [-0.15, -0.1) is 0 Å². The summed E-state index contributed by atoms with van der Waals surface area (Å²) in [4.78, 5) is 0.294. The molecular formula is C26H37ClN2O3S. The summed E-state index contributed by atoms with van der Waals surface area (Å²) in [5, 5.41) is 12.8. The Kier molecular flexibility index (Phi) is 9.77. The second-order valence-corrected chi connectivity index (χ2v) is 11.5. The first-order chi connectivity index (χ1) is 15.9. The van der Waals surface area contributed by atoms with E-state index in [4.69, 9.17) is 16.7 Å². The molecule has 0 heterocycles. The van der Waals surface area contributed by atoms with Crippen molar-refractivity contribution in [2.45, 2.75) is 74.8 Å². The molecule has 2 aromatic carbocycles.